The summed E-state index contributed by atoms with van der Waals surface area (Å²) in [6.45, 7) is 0. The van der Waals surface area contributed by atoms with Crippen LogP contribution in [0.25, 0.3) is 87.5 Å². The van der Waals surface area contributed by atoms with Crippen LogP contribution in [0.4, 0.5) is 0 Å². The Bertz CT molecular complexity index is 2520. The van der Waals surface area contributed by atoms with Crippen LogP contribution >= 0.6 is 22.7 Å². The predicted molar refractivity (Wildman–Crippen MR) is 201 cm³/mol. The van der Waals surface area contributed by atoms with Crippen LogP contribution in [0, 0.1) is 0 Å². The zero-order valence-electron chi connectivity index (χ0n) is 25.6. The lowest BCUT2D eigenvalue weighted by Crippen LogP contribution is -1.94. The van der Waals surface area contributed by atoms with Crippen molar-refractivity contribution in [2.45, 2.75) is 0 Å². The van der Waals surface area contributed by atoms with E-state index in [4.69, 9.17) is 9.97 Å². The Balaban J connectivity index is 1.31. The molecule has 0 amide bonds. The average Bonchev–Trinajstić information content (AvgIpc) is 3.91. The van der Waals surface area contributed by atoms with Crippen LogP contribution in [-0.4, -0.2) is 19.9 Å². The minimum Gasteiger partial charge on any atom is -0.253 e. The fourth-order valence-electron chi connectivity index (χ4n) is 6.61. The Labute approximate surface area is 285 Å². The third-order valence-electron chi connectivity index (χ3n) is 8.75. The summed E-state index contributed by atoms with van der Waals surface area (Å²) in [7, 11) is 0. The molecule has 0 atom stereocenters. The van der Waals surface area contributed by atoms with Crippen molar-refractivity contribution in [2.75, 3.05) is 0 Å². The summed E-state index contributed by atoms with van der Waals surface area (Å²) in [5.41, 5.74) is 11.0. The first-order chi connectivity index (χ1) is 23.8. The molecule has 0 unspecified atom stereocenters. The Morgan fingerprint density at radius 3 is 1.42 bits per heavy atom. The van der Waals surface area contributed by atoms with E-state index in [1.165, 1.54) is 27.5 Å². The molecule has 4 nitrogen and oxygen atoms in total. The minimum absolute atomic E-state index is 0.878. The molecule has 0 fully saturated rings. The van der Waals surface area contributed by atoms with Gasteiger partial charge in [0.2, 0.25) is 0 Å². The molecule has 0 aliphatic carbocycles. The summed E-state index contributed by atoms with van der Waals surface area (Å²) < 4.78 is 0. The molecule has 0 saturated heterocycles. The van der Waals surface area contributed by atoms with Crippen LogP contribution in [0.2, 0.25) is 0 Å². The molecule has 9 rings (SSSR count). The lowest BCUT2D eigenvalue weighted by molar-refractivity contribution is 1.29. The zero-order chi connectivity index (χ0) is 31.9. The first kappa shape index (κ1) is 28.4. The zero-order valence-corrected chi connectivity index (χ0v) is 27.2. The lowest BCUT2D eigenvalue weighted by Gasteiger charge is -2.19. The van der Waals surface area contributed by atoms with Crippen LogP contribution in [0.15, 0.2) is 157 Å². The first-order valence-corrected chi connectivity index (χ1v) is 17.4. The van der Waals surface area contributed by atoms with E-state index in [-0.39, 0.29) is 0 Å². The van der Waals surface area contributed by atoms with Crippen molar-refractivity contribution in [1.29, 1.82) is 0 Å². The molecule has 0 N–H and O–H groups in total. The molecule has 0 bridgehead atoms. The van der Waals surface area contributed by atoms with E-state index in [0.717, 1.165) is 60.0 Å². The largest absolute Gasteiger partial charge is 0.253 e. The van der Waals surface area contributed by atoms with Crippen molar-refractivity contribution in [3.63, 3.8) is 0 Å². The molecule has 0 spiro atoms. The second-order valence-corrected chi connectivity index (χ2v) is 13.3. The number of hydrogen-bond acceptors (Lipinski definition) is 6. The van der Waals surface area contributed by atoms with E-state index < -0.39 is 0 Å². The summed E-state index contributed by atoms with van der Waals surface area (Å²) in [5.74, 6) is 0. The normalized spacial score (nSPS) is 11.3. The van der Waals surface area contributed by atoms with Gasteiger partial charge in [0.1, 0.15) is 10.0 Å². The summed E-state index contributed by atoms with van der Waals surface area (Å²) in [4.78, 5) is 18.7. The molecule has 5 aromatic carbocycles. The fourth-order valence-corrected chi connectivity index (χ4v) is 7.84. The molecule has 0 saturated carbocycles. The van der Waals surface area contributed by atoms with Gasteiger partial charge in [-0.05, 0) is 73.1 Å². The summed E-state index contributed by atoms with van der Waals surface area (Å²) in [6, 6.07) is 43.4. The van der Waals surface area contributed by atoms with Crippen LogP contribution in [0.5, 0.6) is 0 Å². The number of aromatic nitrogens is 4. The van der Waals surface area contributed by atoms with E-state index in [2.05, 4.69) is 131 Å². The highest BCUT2D eigenvalue weighted by Crippen LogP contribution is 2.45. The van der Waals surface area contributed by atoms with Crippen LogP contribution < -0.4 is 0 Å². The van der Waals surface area contributed by atoms with Gasteiger partial charge < -0.3 is 0 Å². The molecule has 6 heteroatoms. The maximum absolute atomic E-state index is 4.89. The van der Waals surface area contributed by atoms with Crippen molar-refractivity contribution in [3.8, 4) is 65.9 Å². The number of hydrogen-bond donors (Lipinski definition) is 0. The Kier molecular flexibility index (Phi) is 7.15. The van der Waals surface area contributed by atoms with Crippen molar-refractivity contribution >= 4 is 44.2 Å². The second kappa shape index (κ2) is 12.1. The van der Waals surface area contributed by atoms with Crippen LogP contribution in [-0.2, 0) is 0 Å². The van der Waals surface area contributed by atoms with Crippen molar-refractivity contribution in [3.05, 3.63) is 157 Å². The SMILES string of the molecule is c1ccc(-c2ccccc2-c2ccc3c(-c4ccc(-c5nccs5)nc4)c4ccccc4c(-c4ccc(-c5nccs5)nc4)c3c2)cc1. The third kappa shape index (κ3) is 4.99. The van der Waals surface area contributed by atoms with Gasteiger partial charge in [-0.25, -0.2) is 9.97 Å². The summed E-state index contributed by atoms with van der Waals surface area (Å²) in [5, 5.41) is 10.5. The third-order valence-corrected chi connectivity index (χ3v) is 10.3. The van der Waals surface area contributed by atoms with Gasteiger partial charge in [0.15, 0.2) is 0 Å². The van der Waals surface area contributed by atoms with Crippen molar-refractivity contribution in [1.82, 2.24) is 19.9 Å². The Hall–Kier alpha value is -5.82. The average molecular weight is 651 g/mol. The highest BCUT2D eigenvalue weighted by molar-refractivity contribution is 7.13. The molecule has 4 heterocycles. The number of nitrogens with zero attached hydrogens (tertiary/aromatic N) is 4. The van der Waals surface area contributed by atoms with Gasteiger partial charge in [-0.3, -0.25) is 9.97 Å². The monoisotopic (exact) mass is 650 g/mol. The molecular formula is C42H26N4S2. The van der Waals surface area contributed by atoms with E-state index >= 15 is 0 Å². The van der Waals surface area contributed by atoms with Crippen molar-refractivity contribution in [2.24, 2.45) is 0 Å². The van der Waals surface area contributed by atoms with Gasteiger partial charge >= 0.3 is 0 Å². The molecule has 226 valence electrons. The number of thiazole rings is 2. The van der Waals surface area contributed by atoms with Gasteiger partial charge in [-0.2, -0.15) is 0 Å². The predicted octanol–water partition coefficient (Wildman–Crippen LogP) is 11.7. The number of rotatable bonds is 6. The van der Waals surface area contributed by atoms with E-state index in [1.54, 1.807) is 22.7 Å². The molecule has 9 aromatic rings. The standard InChI is InChI=1S/C42H26N4S2/c1-2-8-27(9-3-1)31-10-4-5-11-32(31)28-14-17-35-36(24-28)40(30-16-19-38(46-26-30)42-44-21-23-48-42)34-13-7-6-12-33(34)39(35)29-15-18-37(45-25-29)41-43-20-22-47-41/h1-26H. The molecule has 0 radical (unpaired) electrons. The Morgan fingerprint density at radius 1 is 0.375 bits per heavy atom. The molecular weight excluding hydrogens is 625 g/mol. The van der Waals surface area contributed by atoms with Gasteiger partial charge in [0, 0.05) is 46.7 Å². The second-order valence-electron chi connectivity index (χ2n) is 11.5. The van der Waals surface area contributed by atoms with Gasteiger partial charge in [0.05, 0.1) is 11.4 Å². The van der Waals surface area contributed by atoms with Gasteiger partial charge in [0.25, 0.3) is 0 Å². The summed E-state index contributed by atoms with van der Waals surface area (Å²) >= 11 is 3.20. The Morgan fingerprint density at radius 2 is 0.875 bits per heavy atom. The topological polar surface area (TPSA) is 51.6 Å². The maximum Gasteiger partial charge on any atom is 0.141 e. The van der Waals surface area contributed by atoms with Crippen LogP contribution in [0.1, 0.15) is 0 Å². The molecule has 48 heavy (non-hydrogen) atoms. The molecule has 0 aliphatic rings. The summed E-state index contributed by atoms with van der Waals surface area (Å²) in [6.07, 6.45) is 7.62. The quantitative estimate of drug-likeness (QED) is 0.168. The smallest absolute Gasteiger partial charge is 0.141 e. The lowest BCUT2D eigenvalue weighted by atomic mass is 9.84. The highest BCUT2D eigenvalue weighted by atomic mass is 32.1. The minimum atomic E-state index is 0.878. The molecule has 4 aromatic heterocycles. The van der Waals surface area contributed by atoms with E-state index in [9.17, 15) is 0 Å². The van der Waals surface area contributed by atoms with Gasteiger partial charge in [-0.1, -0.05) is 103 Å². The maximum atomic E-state index is 4.89. The fraction of sp³-hybridized carbons (Fsp3) is 0. The first-order valence-electron chi connectivity index (χ1n) is 15.7. The van der Waals surface area contributed by atoms with Gasteiger partial charge in [-0.15, -0.1) is 22.7 Å². The molecule has 0 aliphatic heterocycles. The number of benzene rings is 5. The number of pyridine rings is 2. The number of fused-ring (bicyclic) bond motifs is 2. The van der Waals surface area contributed by atoms with E-state index in [0.29, 0.717) is 0 Å². The highest BCUT2D eigenvalue weighted by Gasteiger charge is 2.19. The van der Waals surface area contributed by atoms with Crippen LogP contribution in [0.3, 0.4) is 0 Å². The van der Waals surface area contributed by atoms with Crippen molar-refractivity contribution < 1.29 is 0 Å². The van der Waals surface area contributed by atoms with E-state index in [1.807, 2.05) is 35.5 Å².